The van der Waals surface area contributed by atoms with Crippen LogP contribution in [0.5, 0.6) is 0 Å². The van der Waals surface area contributed by atoms with E-state index in [1.54, 1.807) is 0 Å². The third kappa shape index (κ3) is 4.02. The van der Waals surface area contributed by atoms with Gasteiger partial charge >= 0.3 is 0 Å². The molecular weight excluding hydrogens is 378 g/mol. The molecule has 8 heteroatoms. The molecule has 0 radical (unpaired) electrons. The van der Waals surface area contributed by atoms with Crippen LogP contribution in [0.2, 0.25) is 0 Å². The minimum atomic E-state index is 0.142. The van der Waals surface area contributed by atoms with Crippen molar-refractivity contribution in [1.82, 2.24) is 19.7 Å². The van der Waals surface area contributed by atoms with Gasteiger partial charge < -0.3 is 9.80 Å². The number of thiophene rings is 1. The predicted octanol–water partition coefficient (Wildman–Crippen LogP) is 1.98. The van der Waals surface area contributed by atoms with Crippen LogP contribution in [0.3, 0.4) is 0 Å². The molecule has 1 saturated heterocycles. The number of nitrogens with one attached hydrogen (secondary N) is 2. The number of hydrogen-bond donors (Lipinski definition) is 2. The minimum Gasteiger partial charge on any atom is -0.327 e. The van der Waals surface area contributed by atoms with Crippen molar-refractivity contribution in [2.75, 3.05) is 26.2 Å². The summed E-state index contributed by atoms with van der Waals surface area (Å²) in [5.41, 5.74) is 2.25. The number of hydrogen-bond acceptors (Lipinski definition) is 4. The van der Waals surface area contributed by atoms with E-state index in [4.69, 9.17) is 12.2 Å². The second kappa shape index (κ2) is 7.75. The second-order valence-electron chi connectivity index (χ2n) is 6.83. The van der Waals surface area contributed by atoms with Crippen LogP contribution >= 0.6 is 23.6 Å². The van der Waals surface area contributed by atoms with Gasteiger partial charge in [-0.05, 0) is 30.6 Å². The van der Waals surface area contributed by atoms with Gasteiger partial charge in [-0.15, -0.1) is 11.3 Å². The van der Waals surface area contributed by atoms with Gasteiger partial charge in [-0.25, -0.2) is 4.68 Å². The van der Waals surface area contributed by atoms with Crippen molar-refractivity contribution in [1.29, 1.82) is 0 Å². The first-order chi connectivity index (χ1) is 13.1. The number of aromatic nitrogens is 3. The molecule has 27 heavy (non-hydrogen) atoms. The zero-order chi connectivity index (χ0) is 18.8. The molecule has 4 rings (SSSR count). The molecular formula is C19H22N5OS2+. The number of piperazine rings is 1. The first kappa shape index (κ1) is 18.1. The zero-order valence-electron chi connectivity index (χ0n) is 15.1. The molecule has 0 spiro atoms. The highest BCUT2D eigenvalue weighted by Crippen LogP contribution is 2.15. The number of aromatic amines is 1. The molecule has 0 bridgehead atoms. The van der Waals surface area contributed by atoms with Gasteiger partial charge in [0, 0.05) is 5.56 Å². The van der Waals surface area contributed by atoms with E-state index in [0.29, 0.717) is 4.77 Å². The zero-order valence-corrected chi connectivity index (χ0v) is 16.8. The Morgan fingerprint density at radius 1 is 1.26 bits per heavy atom. The summed E-state index contributed by atoms with van der Waals surface area (Å²) in [6, 6.07) is 12.1. The van der Waals surface area contributed by atoms with Crippen LogP contribution < -0.4 is 4.90 Å². The summed E-state index contributed by atoms with van der Waals surface area (Å²) in [6.45, 7) is 6.13. The molecule has 3 aromatic rings. The van der Waals surface area contributed by atoms with E-state index < -0.39 is 0 Å². The molecule has 0 unspecified atom stereocenters. The number of carbonyl (C=O) groups is 1. The van der Waals surface area contributed by atoms with Gasteiger partial charge in [0.05, 0.1) is 31.1 Å². The fraction of sp³-hybridized carbons (Fsp3) is 0.316. The van der Waals surface area contributed by atoms with Crippen LogP contribution in [0.15, 0.2) is 41.8 Å². The Morgan fingerprint density at radius 2 is 2.00 bits per heavy atom. The molecule has 1 amide bonds. The quantitative estimate of drug-likeness (QED) is 0.659. The van der Waals surface area contributed by atoms with Gasteiger partial charge in [0.25, 0.3) is 5.91 Å². The van der Waals surface area contributed by atoms with E-state index in [-0.39, 0.29) is 5.91 Å². The molecule has 2 N–H and O–H groups in total. The third-order valence-corrected chi connectivity index (χ3v) is 6.05. The lowest BCUT2D eigenvalue weighted by molar-refractivity contribution is -0.927. The molecule has 1 aromatic carbocycles. The van der Waals surface area contributed by atoms with Crippen LogP contribution in [-0.4, -0.2) is 51.8 Å². The van der Waals surface area contributed by atoms with Crippen LogP contribution in [-0.2, 0) is 6.67 Å². The summed E-state index contributed by atoms with van der Waals surface area (Å²) in [5.74, 6) is 0.940. The number of amides is 1. The maximum absolute atomic E-state index is 12.5. The Hall–Kier alpha value is -2.29. The molecule has 1 aliphatic heterocycles. The summed E-state index contributed by atoms with van der Waals surface area (Å²) < 4.78 is 2.49. The Labute approximate surface area is 167 Å². The SMILES string of the molecule is Cc1ccc(-c2nc(=S)n(C[NH+]3CCN(C(=O)c4cccs4)CC3)[nH]2)cc1. The van der Waals surface area contributed by atoms with Crippen molar-refractivity contribution < 1.29 is 9.69 Å². The van der Waals surface area contributed by atoms with E-state index in [2.05, 4.69) is 41.3 Å². The van der Waals surface area contributed by atoms with Gasteiger partial charge in [0.1, 0.15) is 0 Å². The number of H-pyrrole nitrogens is 1. The first-order valence-corrected chi connectivity index (χ1v) is 10.3. The van der Waals surface area contributed by atoms with Gasteiger partial charge in [-0.2, -0.15) is 4.98 Å². The number of nitrogens with zero attached hydrogens (tertiary/aromatic N) is 3. The fourth-order valence-corrected chi connectivity index (χ4v) is 4.16. The highest BCUT2D eigenvalue weighted by atomic mass is 32.1. The van der Waals surface area contributed by atoms with E-state index in [0.717, 1.165) is 49.1 Å². The van der Waals surface area contributed by atoms with E-state index >= 15 is 0 Å². The highest BCUT2D eigenvalue weighted by molar-refractivity contribution is 7.71. The Balaban J connectivity index is 1.39. The van der Waals surface area contributed by atoms with Crippen LogP contribution in [0, 0.1) is 11.7 Å². The number of quaternary nitrogens is 1. The summed E-state index contributed by atoms with van der Waals surface area (Å²) in [6.07, 6.45) is 0. The summed E-state index contributed by atoms with van der Waals surface area (Å²) in [4.78, 5) is 21.1. The Kier molecular flexibility index (Phi) is 5.20. The lowest BCUT2D eigenvalue weighted by Gasteiger charge is -2.31. The maximum atomic E-state index is 12.5. The van der Waals surface area contributed by atoms with Crippen LogP contribution in [0.25, 0.3) is 11.4 Å². The summed E-state index contributed by atoms with van der Waals surface area (Å²) in [7, 11) is 0. The number of rotatable bonds is 4. The van der Waals surface area contributed by atoms with Crippen molar-refractivity contribution in [2.45, 2.75) is 13.6 Å². The average Bonchev–Trinajstić information content (AvgIpc) is 3.33. The van der Waals surface area contributed by atoms with Gasteiger partial charge in [0.2, 0.25) is 4.77 Å². The van der Waals surface area contributed by atoms with E-state index in [1.807, 2.05) is 27.1 Å². The molecule has 0 atom stereocenters. The Bertz CT molecular complexity index is 966. The Morgan fingerprint density at radius 3 is 2.67 bits per heavy atom. The molecule has 0 aliphatic carbocycles. The number of aryl methyl sites for hydroxylation is 1. The molecule has 140 valence electrons. The highest BCUT2D eigenvalue weighted by Gasteiger charge is 2.25. The topological polar surface area (TPSA) is 58.4 Å². The first-order valence-electron chi connectivity index (χ1n) is 9.00. The van der Waals surface area contributed by atoms with E-state index in [9.17, 15) is 4.79 Å². The van der Waals surface area contributed by atoms with Crippen molar-refractivity contribution in [3.63, 3.8) is 0 Å². The molecule has 0 saturated carbocycles. The molecule has 1 aliphatic rings. The monoisotopic (exact) mass is 400 g/mol. The third-order valence-electron chi connectivity index (χ3n) is 4.88. The molecule has 2 aromatic heterocycles. The smallest absolute Gasteiger partial charge is 0.264 e. The van der Waals surface area contributed by atoms with E-state index in [1.165, 1.54) is 21.8 Å². The van der Waals surface area contributed by atoms with Crippen LogP contribution in [0.4, 0.5) is 0 Å². The largest absolute Gasteiger partial charge is 0.327 e. The van der Waals surface area contributed by atoms with Crippen molar-refractivity contribution >= 4 is 29.5 Å². The normalized spacial score (nSPS) is 15.2. The molecule has 1 fully saturated rings. The summed E-state index contributed by atoms with van der Waals surface area (Å²) in [5, 5.41) is 5.27. The van der Waals surface area contributed by atoms with Gasteiger partial charge in [0.15, 0.2) is 12.5 Å². The summed E-state index contributed by atoms with van der Waals surface area (Å²) >= 11 is 6.93. The lowest BCUT2D eigenvalue weighted by atomic mass is 10.1. The minimum absolute atomic E-state index is 0.142. The average molecular weight is 401 g/mol. The molecule has 3 heterocycles. The van der Waals surface area contributed by atoms with Gasteiger partial charge in [-0.1, -0.05) is 35.9 Å². The maximum Gasteiger partial charge on any atom is 0.264 e. The number of carbonyl (C=O) groups excluding carboxylic acids is 1. The lowest BCUT2D eigenvalue weighted by Crippen LogP contribution is -3.14. The predicted molar refractivity (Wildman–Crippen MR) is 109 cm³/mol. The number of benzene rings is 1. The van der Waals surface area contributed by atoms with Crippen molar-refractivity contribution in [2.24, 2.45) is 0 Å². The molecule has 6 nitrogen and oxygen atoms in total. The van der Waals surface area contributed by atoms with Crippen LogP contribution in [0.1, 0.15) is 15.2 Å². The standard InChI is InChI=1S/C19H21N5OS2/c1-14-4-6-15(7-5-14)17-20-19(26)24(21-17)13-22-8-10-23(11-9-22)18(25)16-3-2-12-27-16/h2-7,12H,8-11,13H2,1H3,(H,20,21,26)/p+1. The fourth-order valence-electron chi connectivity index (χ4n) is 3.27. The second-order valence-corrected chi connectivity index (χ2v) is 8.14. The van der Waals surface area contributed by atoms with Crippen molar-refractivity contribution in [3.8, 4) is 11.4 Å². The van der Waals surface area contributed by atoms with Crippen molar-refractivity contribution in [3.05, 3.63) is 57.0 Å². The van der Waals surface area contributed by atoms with Gasteiger partial charge in [-0.3, -0.25) is 9.89 Å².